The lowest BCUT2D eigenvalue weighted by Gasteiger charge is -2.41. The van der Waals surface area contributed by atoms with E-state index in [9.17, 15) is 19.2 Å². The molecule has 0 bridgehead atoms. The second kappa shape index (κ2) is 21.2. The Bertz CT molecular complexity index is 1110. The quantitative estimate of drug-likeness (QED) is 0.134. The molecule has 4 atom stereocenters. The van der Waals surface area contributed by atoms with Crippen LogP contribution in [0.25, 0.3) is 0 Å². The Balaban J connectivity index is 2.12. The number of unbranched alkanes of at least 4 members (excludes halogenated alkanes) is 2. The number of nitrogens with one attached hydrogen (secondary N) is 2. The first-order chi connectivity index (χ1) is 23.5. The summed E-state index contributed by atoms with van der Waals surface area (Å²) < 4.78 is 0. The Morgan fingerprint density at radius 2 is 1.44 bits per heavy atom. The maximum absolute atomic E-state index is 14.2. The molecule has 2 fully saturated rings. The van der Waals surface area contributed by atoms with E-state index in [2.05, 4.69) is 48.1 Å². The van der Waals surface area contributed by atoms with Crippen LogP contribution in [0.5, 0.6) is 0 Å². The molecule has 0 saturated carbocycles. The highest BCUT2D eigenvalue weighted by molar-refractivity contribution is 5.97. The fourth-order valence-electron chi connectivity index (χ4n) is 7.41. The van der Waals surface area contributed by atoms with Crippen molar-refractivity contribution in [2.75, 3.05) is 46.3 Å². The minimum Gasteiger partial charge on any atom is -0.354 e. The largest absolute Gasteiger partial charge is 0.354 e. The summed E-state index contributed by atoms with van der Waals surface area (Å²) in [6.45, 7) is 25.6. The summed E-state index contributed by atoms with van der Waals surface area (Å²) in [5, 5.41) is 6.27. The highest BCUT2D eigenvalue weighted by atomic mass is 16.2. The predicted octanol–water partition coefficient (Wildman–Crippen LogP) is 5.61. The van der Waals surface area contributed by atoms with Crippen LogP contribution in [-0.4, -0.2) is 120 Å². The monoisotopic (exact) mass is 703 g/mol. The molecule has 10 heteroatoms. The highest BCUT2D eigenvalue weighted by Gasteiger charge is 2.40. The molecule has 2 N–H and O–H groups in total. The summed E-state index contributed by atoms with van der Waals surface area (Å²) in [5.41, 5.74) is 0.00472. The van der Waals surface area contributed by atoms with E-state index in [-0.39, 0.29) is 47.7 Å². The van der Waals surface area contributed by atoms with E-state index >= 15 is 0 Å². The van der Waals surface area contributed by atoms with Gasteiger partial charge in [-0.15, -0.1) is 0 Å². The van der Waals surface area contributed by atoms with Gasteiger partial charge in [0.05, 0.1) is 12.1 Å². The number of rotatable bonds is 19. The van der Waals surface area contributed by atoms with Gasteiger partial charge in [0.2, 0.25) is 23.6 Å². The molecular formula is C40H74N6O4. The topological polar surface area (TPSA) is 105 Å². The van der Waals surface area contributed by atoms with Crippen LogP contribution in [0.1, 0.15) is 133 Å². The second-order valence-corrected chi connectivity index (χ2v) is 16.5. The van der Waals surface area contributed by atoms with Gasteiger partial charge in [-0.1, -0.05) is 73.8 Å². The average Bonchev–Trinajstić information content (AvgIpc) is 3.57. The molecule has 10 nitrogen and oxygen atoms in total. The molecule has 0 aromatic carbocycles. The number of likely N-dealkylation sites (N-methyl/N-ethyl adjacent to an activating group) is 1. The molecule has 2 aliphatic heterocycles. The van der Waals surface area contributed by atoms with Gasteiger partial charge in [0.1, 0.15) is 12.1 Å². The van der Waals surface area contributed by atoms with Gasteiger partial charge >= 0.3 is 0 Å². The van der Waals surface area contributed by atoms with Crippen molar-refractivity contribution in [1.82, 2.24) is 30.2 Å². The second-order valence-electron chi connectivity index (χ2n) is 16.5. The molecule has 0 aliphatic carbocycles. The smallest absolute Gasteiger partial charge is 0.249 e. The fourth-order valence-corrected chi connectivity index (χ4v) is 7.41. The number of amides is 4. The molecule has 2 heterocycles. The van der Waals surface area contributed by atoms with Crippen molar-refractivity contribution in [3.05, 3.63) is 11.6 Å². The Morgan fingerprint density at radius 1 is 0.840 bits per heavy atom. The summed E-state index contributed by atoms with van der Waals surface area (Å²) in [4.78, 5) is 63.1. The average molecular weight is 703 g/mol. The number of nitrogens with zero attached hydrogens (tertiary/aromatic N) is 4. The van der Waals surface area contributed by atoms with E-state index in [1.165, 1.54) is 25.7 Å². The Labute approximate surface area is 305 Å². The SMILES string of the molecule is CCCCN(CCCC)CCCNC(=O)[C@@H]1CCCN1C(=O)C(C)=C[C@H](C(C)C)N(C)C(=O)[C@@H](NC(=O)C1CCCCN1C(C)C)C(C)(C)C. The van der Waals surface area contributed by atoms with Crippen LogP contribution in [0.3, 0.4) is 0 Å². The lowest BCUT2D eigenvalue weighted by Crippen LogP contribution is -2.60. The standard InChI is InChI=1S/C40H74N6O4/c1-12-14-23-44(24-15-13-2)25-19-22-41-36(47)32-21-18-27-46(32)38(49)31(7)28-34(29(3)4)43(11)39(50)35(40(8,9)10)42-37(48)33-20-16-17-26-45(33)30(5)6/h28-30,32-35H,12-27H2,1-11H3,(H,41,47)(H,42,48)/t32-,33?,34+,35+/m0/s1. The van der Waals surface area contributed by atoms with Crippen LogP contribution in [-0.2, 0) is 19.2 Å². The molecule has 1 unspecified atom stereocenters. The van der Waals surface area contributed by atoms with E-state index in [1.54, 1.807) is 23.8 Å². The van der Waals surface area contributed by atoms with Crippen molar-refractivity contribution in [2.45, 2.75) is 164 Å². The molecule has 0 radical (unpaired) electrons. The first-order valence-electron chi connectivity index (χ1n) is 19.9. The Hall–Kier alpha value is -2.46. The fraction of sp³-hybridized carbons (Fsp3) is 0.850. The number of hydrogen-bond donors (Lipinski definition) is 2. The molecule has 0 aromatic rings. The van der Waals surface area contributed by atoms with E-state index in [0.717, 1.165) is 58.3 Å². The van der Waals surface area contributed by atoms with Crippen molar-refractivity contribution in [1.29, 1.82) is 0 Å². The van der Waals surface area contributed by atoms with Gasteiger partial charge < -0.3 is 25.3 Å². The summed E-state index contributed by atoms with van der Waals surface area (Å²) in [7, 11) is 1.77. The van der Waals surface area contributed by atoms with Gasteiger partial charge in [-0.25, -0.2) is 0 Å². The molecule has 50 heavy (non-hydrogen) atoms. The number of likely N-dealkylation sites (tertiary alicyclic amines) is 2. The number of hydrogen-bond acceptors (Lipinski definition) is 6. The van der Waals surface area contributed by atoms with Crippen LogP contribution >= 0.6 is 0 Å². The third kappa shape index (κ3) is 12.9. The molecular weight excluding hydrogens is 628 g/mol. The molecule has 288 valence electrons. The van der Waals surface area contributed by atoms with Crippen LogP contribution in [0.15, 0.2) is 11.6 Å². The third-order valence-corrected chi connectivity index (χ3v) is 10.6. The third-order valence-electron chi connectivity index (χ3n) is 10.6. The molecule has 0 aromatic heterocycles. The van der Waals surface area contributed by atoms with E-state index in [4.69, 9.17) is 0 Å². The zero-order chi connectivity index (χ0) is 37.6. The molecule has 0 spiro atoms. The number of carbonyl (C=O) groups is 4. The minimum atomic E-state index is -0.723. The van der Waals surface area contributed by atoms with E-state index < -0.39 is 17.5 Å². The lowest BCUT2D eigenvalue weighted by molar-refractivity contribution is -0.142. The van der Waals surface area contributed by atoms with Gasteiger partial charge in [0.15, 0.2) is 0 Å². The van der Waals surface area contributed by atoms with Crippen molar-refractivity contribution in [3.63, 3.8) is 0 Å². The van der Waals surface area contributed by atoms with Crippen molar-refractivity contribution >= 4 is 23.6 Å². The normalized spacial score (nSPS) is 20.4. The zero-order valence-corrected chi connectivity index (χ0v) is 33.8. The first-order valence-corrected chi connectivity index (χ1v) is 19.9. The molecule has 2 rings (SSSR count). The van der Waals surface area contributed by atoms with Crippen molar-refractivity contribution in [3.8, 4) is 0 Å². The Kier molecular flexibility index (Phi) is 18.5. The molecule has 2 aliphatic rings. The van der Waals surface area contributed by atoms with Gasteiger partial charge in [0, 0.05) is 31.8 Å². The molecule has 2 saturated heterocycles. The summed E-state index contributed by atoms with van der Waals surface area (Å²) >= 11 is 0. The Morgan fingerprint density at radius 3 is 2.00 bits per heavy atom. The highest BCUT2D eigenvalue weighted by Crippen LogP contribution is 2.27. The number of piperidine rings is 1. The van der Waals surface area contributed by atoms with Crippen molar-refractivity contribution < 1.29 is 19.2 Å². The van der Waals surface area contributed by atoms with Crippen LogP contribution in [0.2, 0.25) is 0 Å². The van der Waals surface area contributed by atoms with E-state index in [0.29, 0.717) is 25.1 Å². The van der Waals surface area contributed by atoms with Gasteiger partial charge in [-0.05, 0) is 103 Å². The molecule has 4 amide bonds. The summed E-state index contributed by atoms with van der Waals surface area (Å²) in [6, 6.07) is -1.57. The van der Waals surface area contributed by atoms with E-state index in [1.807, 2.05) is 40.7 Å². The van der Waals surface area contributed by atoms with Crippen LogP contribution in [0, 0.1) is 11.3 Å². The van der Waals surface area contributed by atoms with Crippen molar-refractivity contribution in [2.24, 2.45) is 11.3 Å². The number of carbonyl (C=O) groups excluding carboxylic acids is 4. The van der Waals surface area contributed by atoms with Gasteiger partial charge in [-0.3, -0.25) is 24.1 Å². The summed E-state index contributed by atoms with van der Waals surface area (Å²) in [6.07, 6.45) is 11.8. The lowest BCUT2D eigenvalue weighted by atomic mass is 9.84. The maximum atomic E-state index is 14.2. The predicted molar refractivity (Wildman–Crippen MR) is 205 cm³/mol. The minimum absolute atomic E-state index is 0.0182. The zero-order valence-electron chi connectivity index (χ0n) is 33.8. The van der Waals surface area contributed by atoms with Crippen LogP contribution in [0.4, 0.5) is 0 Å². The summed E-state index contributed by atoms with van der Waals surface area (Å²) in [5.74, 6) is -0.486. The van der Waals surface area contributed by atoms with Gasteiger partial charge in [0.25, 0.3) is 0 Å². The first kappa shape index (κ1) is 43.7. The van der Waals surface area contributed by atoms with Gasteiger partial charge in [-0.2, -0.15) is 0 Å². The van der Waals surface area contributed by atoms with Crippen LogP contribution < -0.4 is 10.6 Å². The maximum Gasteiger partial charge on any atom is 0.249 e.